The lowest BCUT2D eigenvalue weighted by molar-refractivity contribution is 0.922. The Morgan fingerprint density at radius 3 is 2.69 bits per heavy atom. The molecule has 0 amide bonds. The first kappa shape index (κ1) is 8.30. The highest BCUT2D eigenvalue weighted by Crippen LogP contribution is 2.18. The van der Waals surface area contributed by atoms with E-state index in [0.717, 1.165) is 19.4 Å². The average Bonchev–Trinajstić information content (AvgIpc) is 2.67. The van der Waals surface area contributed by atoms with Gasteiger partial charge in [-0.25, -0.2) is 0 Å². The Labute approximate surface area is 78.9 Å². The smallest absolute Gasteiger partial charge is 0.0594 e. The summed E-state index contributed by atoms with van der Waals surface area (Å²) in [7, 11) is 0. The van der Waals surface area contributed by atoms with Crippen molar-refractivity contribution in [3.8, 4) is 0 Å². The zero-order valence-electron chi connectivity index (χ0n) is 7.90. The lowest BCUT2D eigenvalue weighted by Crippen LogP contribution is -2.11. The van der Waals surface area contributed by atoms with Crippen molar-refractivity contribution in [2.75, 3.05) is 11.6 Å². The number of para-hydroxylation sites is 1. The van der Waals surface area contributed by atoms with E-state index in [1.807, 2.05) is 6.07 Å². The first-order valence-electron chi connectivity index (χ1n) is 4.79. The number of nitrogens with zero attached hydrogens (tertiary/aromatic N) is 2. The quantitative estimate of drug-likeness (QED) is 0.673. The standard InChI is InChI=1S/C11H14N2/c1-2-10-8-9-13(12-10)11-6-4-3-5-7-11/h3-7H,2,8-9H2,1H3. The highest BCUT2D eigenvalue weighted by atomic mass is 15.5. The number of benzene rings is 1. The minimum Gasteiger partial charge on any atom is -0.265 e. The van der Waals surface area contributed by atoms with Gasteiger partial charge in [0.05, 0.1) is 5.69 Å². The van der Waals surface area contributed by atoms with Crippen LogP contribution in [0.15, 0.2) is 35.4 Å². The van der Waals surface area contributed by atoms with Crippen molar-refractivity contribution in [1.29, 1.82) is 0 Å². The van der Waals surface area contributed by atoms with Gasteiger partial charge in [0.2, 0.25) is 0 Å². The van der Waals surface area contributed by atoms with E-state index in [4.69, 9.17) is 0 Å². The molecule has 0 fully saturated rings. The summed E-state index contributed by atoms with van der Waals surface area (Å²) in [6.07, 6.45) is 2.19. The number of hydrogen-bond donors (Lipinski definition) is 0. The normalized spacial score (nSPS) is 16.1. The van der Waals surface area contributed by atoms with Crippen LogP contribution in [0, 0.1) is 0 Å². The Kier molecular flexibility index (Phi) is 2.30. The van der Waals surface area contributed by atoms with Gasteiger partial charge in [-0.15, -0.1) is 0 Å². The Morgan fingerprint density at radius 2 is 2.08 bits per heavy atom. The van der Waals surface area contributed by atoms with Crippen LogP contribution in [0.5, 0.6) is 0 Å². The van der Waals surface area contributed by atoms with Crippen molar-refractivity contribution in [3.05, 3.63) is 30.3 Å². The van der Waals surface area contributed by atoms with Gasteiger partial charge in [0.25, 0.3) is 0 Å². The van der Waals surface area contributed by atoms with Gasteiger partial charge in [-0.2, -0.15) is 5.10 Å². The molecule has 0 spiro atoms. The minimum atomic E-state index is 1.03. The molecule has 0 saturated carbocycles. The van der Waals surface area contributed by atoms with E-state index in [9.17, 15) is 0 Å². The van der Waals surface area contributed by atoms with E-state index in [0.29, 0.717) is 0 Å². The van der Waals surface area contributed by atoms with Crippen LogP contribution in [0.2, 0.25) is 0 Å². The van der Waals surface area contributed by atoms with Gasteiger partial charge in [0.1, 0.15) is 0 Å². The van der Waals surface area contributed by atoms with Gasteiger partial charge in [-0.3, -0.25) is 5.01 Å². The van der Waals surface area contributed by atoms with E-state index in [-0.39, 0.29) is 0 Å². The molecule has 0 N–H and O–H groups in total. The van der Waals surface area contributed by atoms with Crippen LogP contribution >= 0.6 is 0 Å². The first-order chi connectivity index (χ1) is 6.40. The number of rotatable bonds is 2. The van der Waals surface area contributed by atoms with Crippen molar-refractivity contribution in [2.24, 2.45) is 5.10 Å². The maximum atomic E-state index is 4.53. The van der Waals surface area contributed by atoms with E-state index in [1.54, 1.807) is 0 Å². The average molecular weight is 174 g/mol. The Hall–Kier alpha value is -1.31. The second-order valence-electron chi connectivity index (χ2n) is 3.23. The summed E-state index contributed by atoms with van der Waals surface area (Å²) in [5.41, 5.74) is 2.51. The van der Waals surface area contributed by atoms with Crippen LogP contribution in [0.1, 0.15) is 19.8 Å². The molecule has 2 nitrogen and oxygen atoms in total. The van der Waals surface area contributed by atoms with Crippen LogP contribution in [-0.4, -0.2) is 12.3 Å². The molecular weight excluding hydrogens is 160 g/mol. The zero-order chi connectivity index (χ0) is 9.10. The van der Waals surface area contributed by atoms with Crippen molar-refractivity contribution < 1.29 is 0 Å². The molecule has 1 heterocycles. The summed E-state index contributed by atoms with van der Waals surface area (Å²) in [5, 5.41) is 6.61. The molecule has 2 rings (SSSR count). The molecule has 0 saturated heterocycles. The summed E-state index contributed by atoms with van der Waals surface area (Å²) < 4.78 is 0. The number of hydrazone groups is 1. The monoisotopic (exact) mass is 174 g/mol. The van der Waals surface area contributed by atoms with Gasteiger partial charge in [0, 0.05) is 18.7 Å². The molecule has 0 unspecified atom stereocenters. The summed E-state index contributed by atoms with van der Waals surface area (Å²) in [4.78, 5) is 0. The number of anilines is 1. The third-order valence-corrected chi connectivity index (χ3v) is 2.34. The Morgan fingerprint density at radius 1 is 1.31 bits per heavy atom. The highest BCUT2D eigenvalue weighted by Gasteiger charge is 2.13. The van der Waals surface area contributed by atoms with Crippen molar-refractivity contribution in [1.82, 2.24) is 0 Å². The summed E-state index contributed by atoms with van der Waals surface area (Å²) >= 11 is 0. The van der Waals surface area contributed by atoms with Crippen molar-refractivity contribution in [2.45, 2.75) is 19.8 Å². The summed E-state index contributed by atoms with van der Waals surface area (Å²) in [6, 6.07) is 10.3. The second-order valence-corrected chi connectivity index (χ2v) is 3.23. The zero-order valence-corrected chi connectivity index (χ0v) is 7.90. The minimum absolute atomic E-state index is 1.03. The molecule has 1 aromatic rings. The third kappa shape index (κ3) is 1.72. The molecule has 68 valence electrons. The van der Waals surface area contributed by atoms with Crippen LogP contribution in [0.4, 0.5) is 5.69 Å². The molecule has 1 aliphatic rings. The summed E-state index contributed by atoms with van der Waals surface area (Å²) in [5.74, 6) is 0. The molecule has 0 aromatic heterocycles. The maximum absolute atomic E-state index is 4.53. The van der Waals surface area contributed by atoms with Crippen LogP contribution < -0.4 is 5.01 Å². The lowest BCUT2D eigenvalue weighted by atomic mass is 10.2. The Bertz CT molecular complexity index is 303. The SMILES string of the molecule is CCC1=NN(c2ccccc2)CC1. The molecule has 0 radical (unpaired) electrons. The molecule has 0 atom stereocenters. The van der Waals surface area contributed by atoms with Gasteiger partial charge >= 0.3 is 0 Å². The molecule has 1 aromatic carbocycles. The fourth-order valence-corrected chi connectivity index (χ4v) is 1.54. The molecule has 2 heteroatoms. The van der Waals surface area contributed by atoms with Gasteiger partial charge < -0.3 is 0 Å². The van der Waals surface area contributed by atoms with E-state index >= 15 is 0 Å². The van der Waals surface area contributed by atoms with E-state index in [2.05, 4.69) is 41.3 Å². The third-order valence-electron chi connectivity index (χ3n) is 2.34. The molecule has 0 aliphatic carbocycles. The van der Waals surface area contributed by atoms with Crippen LogP contribution in [0.25, 0.3) is 0 Å². The van der Waals surface area contributed by atoms with Crippen LogP contribution in [-0.2, 0) is 0 Å². The fourth-order valence-electron chi connectivity index (χ4n) is 1.54. The topological polar surface area (TPSA) is 15.6 Å². The largest absolute Gasteiger partial charge is 0.265 e. The highest BCUT2D eigenvalue weighted by molar-refractivity contribution is 5.87. The summed E-state index contributed by atoms with van der Waals surface area (Å²) in [6.45, 7) is 3.19. The number of hydrogen-bond acceptors (Lipinski definition) is 2. The van der Waals surface area contributed by atoms with Gasteiger partial charge in [-0.05, 0) is 18.6 Å². The maximum Gasteiger partial charge on any atom is 0.0594 e. The van der Waals surface area contributed by atoms with E-state index in [1.165, 1.54) is 11.4 Å². The predicted molar refractivity (Wildman–Crippen MR) is 56.1 cm³/mol. The van der Waals surface area contributed by atoms with E-state index < -0.39 is 0 Å². The molecule has 13 heavy (non-hydrogen) atoms. The second kappa shape index (κ2) is 3.60. The predicted octanol–water partition coefficient (Wildman–Crippen LogP) is 2.66. The van der Waals surface area contributed by atoms with Crippen molar-refractivity contribution in [3.63, 3.8) is 0 Å². The lowest BCUT2D eigenvalue weighted by Gasteiger charge is -2.12. The van der Waals surface area contributed by atoms with Gasteiger partial charge in [0.15, 0.2) is 0 Å². The Balaban J connectivity index is 2.16. The first-order valence-corrected chi connectivity index (χ1v) is 4.79. The molecular formula is C11H14N2. The molecule has 1 aliphatic heterocycles. The van der Waals surface area contributed by atoms with Gasteiger partial charge in [-0.1, -0.05) is 25.1 Å². The fraction of sp³-hybridized carbons (Fsp3) is 0.364. The van der Waals surface area contributed by atoms with Crippen molar-refractivity contribution >= 4 is 11.4 Å². The van der Waals surface area contributed by atoms with Crippen LogP contribution in [0.3, 0.4) is 0 Å². The molecule has 0 bridgehead atoms.